The van der Waals surface area contributed by atoms with E-state index in [0.717, 1.165) is 5.56 Å². The number of rotatable bonds is 16. The van der Waals surface area contributed by atoms with Crippen LogP contribution < -0.4 is 35.9 Å². The third-order valence-corrected chi connectivity index (χ3v) is 10.1. The largest absolute Gasteiger partial charge is 0.493 e. The maximum absolute atomic E-state index is 13.3. The number of nitrogens with two attached hydrogens (primary N) is 1. The minimum atomic E-state index is -3.50. The molecule has 3 aromatic carbocycles. The molecule has 0 aliphatic carbocycles. The zero-order valence-corrected chi connectivity index (χ0v) is 29.8. The van der Waals surface area contributed by atoms with Gasteiger partial charge in [-0.3, -0.25) is 13.9 Å². The van der Waals surface area contributed by atoms with Gasteiger partial charge >= 0.3 is 6.09 Å². The van der Waals surface area contributed by atoms with E-state index in [1.807, 2.05) is 44.2 Å². The smallest absolute Gasteiger partial charge is 0.407 e. The highest BCUT2D eigenvalue weighted by Crippen LogP contribution is 2.52. The summed E-state index contributed by atoms with van der Waals surface area (Å²) in [6.07, 6.45) is -2.17. The highest BCUT2D eigenvalue weighted by Gasteiger charge is 2.35. The SMILES string of the molecule is COc1cc(NC(=O)[C@@H]2C[C@@H](OC(=O)N[C@@H](Cc3ccccc3)[C@H](O)CN(CC(C)C)S(O)(O)c3ccc(N)cc3)CN2)cc(OC)c1OC. The number of hydrogen-bond donors (Lipinski definition) is 7. The Morgan fingerprint density at radius 3 is 2.20 bits per heavy atom. The predicted octanol–water partition coefficient (Wildman–Crippen LogP) is 4.34. The van der Waals surface area contributed by atoms with Gasteiger partial charge in [-0.05, 0) is 42.2 Å². The second kappa shape index (κ2) is 17.6. The summed E-state index contributed by atoms with van der Waals surface area (Å²) in [4.78, 5) is 26.6. The molecule has 274 valence electrons. The van der Waals surface area contributed by atoms with E-state index in [1.54, 1.807) is 36.4 Å². The molecular weight excluding hydrogens is 666 g/mol. The van der Waals surface area contributed by atoms with Crippen LogP contribution in [0.15, 0.2) is 71.6 Å². The number of ether oxygens (including phenoxy) is 4. The van der Waals surface area contributed by atoms with Crippen LogP contribution in [0, 0.1) is 5.92 Å². The lowest BCUT2D eigenvalue weighted by atomic mass is 10.0. The minimum Gasteiger partial charge on any atom is -0.493 e. The lowest BCUT2D eigenvalue weighted by Crippen LogP contribution is -2.51. The number of amides is 2. The molecule has 4 atom stereocenters. The average Bonchev–Trinajstić information content (AvgIpc) is 3.56. The number of carbonyl (C=O) groups is 2. The first-order valence-electron chi connectivity index (χ1n) is 16.3. The van der Waals surface area contributed by atoms with Crippen molar-refractivity contribution in [1.82, 2.24) is 14.9 Å². The van der Waals surface area contributed by atoms with E-state index in [1.165, 1.54) is 25.6 Å². The Labute approximate surface area is 294 Å². The van der Waals surface area contributed by atoms with Crippen LogP contribution in [0.2, 0.25) is 0 Å². The molecule has 0 spiro atoms. The van der Waals surface area contributed by atoms with Crippen LogP contribution in [0.5, 0.6) is 17.2 Å². The molecule has 50 heavy (non-hydrogen) atoms. The lowest BCUT2D eigenvalue weighted by molar-refractivity contribution is -0.118. The number of alkyl carbamates (subject to hydrolysis) is 1. The lowest BCUT2D eigenvalue weighted by Gasteiger charge is -2.45. The van der Waals surface area contributed by atoms with Gasteiger partial charge in [0.15, 0.2) is 11.5 Å². The Kier molecular flexibility index (Phi) is 13.6. The first kappa shape index (κ1) is 38.6. The number of nitrogens with one attached hydrogen (secondary N) is 3. The maximum atomic E-state index is 13.3. The molecule has 1 aliphatic heterocycles. The van der Waals surface area contributed by atoms with Crippen LogP contribution in [-0.4, -0.2) is 95.8 Å². The molecule has 3 aromatic rings. The van der Waals surface area contributed by atoms with Crippen molar-refractivity contribution >= 4 is 34.2 Å². The number of carbonyl (C=O) groups excluding carboxylic acids is 2. The Hall–Kier alpha value is -4.25. The molecule has 2 amide bonds. The maximum Gasteiger partial charge on any atom is 0.407 e. The van der Waals surface area contributed by atoms with Crippen LogP contribution in [0.1, 0.15) is 25.8 Å². The Balaban J connectivity index is 1.42. The van der Waals surface area contributed by atoms with E-state index >= 15 is 0 Å². The van der Waals surface area contributed by atoms with Crippen molar-refractivity contribution in [2.45, 2.75) is 55.9 Å². The minimum absolute atomic E-state index is 0.0291. The second-order valence-corrected chi connectivity index (χ2v) is 14.5. The topological polar surface area (TPSA) is 197 Å². The van der Waals surface area contributed by atoms with E-state index < -0.39 is 41.2 Å². The van der Waals surface area contributed by atoms with Crippen molar-refractivity contribution in [2.24, 2.45) is 5.92 Å². The number of aliphatic hydroxyl groups is 1. The standard InChI is InChI=1S/C35H49N5O9S/c1-22(2)20-40(50(44,45)27-13-11-24(36)12-14-27)21-30(41)28(15-23-9-7-6-8-10-23)39-35(43)49-26-18-29(37-19-26)34(42)38-25-16-31(46-3)33(48-5)32(17-25)47-4/h6-14,16-17,22,26,28-30,37,41,44-45H,15,18-21,36H2,1-5H3,(H,38,42)(H,39,43)/t26-,28+,29+,30-/m1/s1. The fourth-order valence-electron chi connectivity index (χ4n) is 5.69. The fourth-order valence-corrected chi connectivity index (χ4v) is 7.35. The Morgan fingerprint density at radius 1 is 0.980 bits per heavy atom. The molecule has 1 aliphatic rings. The summed E-state index contributed by atoms with van der Waals surface area (Å²) in [6, 6.07) is 17.3. The Morgan fingerprint density at radius 2 is 1.62 bits per heavy atom. The van der Waals surface area contributed by atoms with E-state index in [4.69, 9.17) is 24.7 Å². The molecule has 4 rings (SSSR count). The molecular formula is C35H49N5O9S. The molecule has 14 nitrogen and oxygen atoms in total. The van der Waals surface area contributed by atoms with Crippen molar-refractivity contribution in [3.63, 3.8) is 0 Å². The summed E-state index contributed by atoms with van der Waals surface area (Å²) >= 11 is 0. The zero-order valence-electron chi connectivity index (χ0n) is 29.0. The van der Waals surface area contributed by atoms with E-state index in [2.05, 4.69) is 16.0 Å². The summed E-state index contributed by atoms with van der Waals surface area (Å²) in [5.41, 5.74) is 7.58. The molecule has 0 radical (unpaired) electrons. The van der Waals surface area contributed by atoms with Crippen LogP contribution in [-0.2, 0) is 16.0 Å². The van der Waals surface area contributed by atoms with Gasteiger partial charge in [0.05, 0.1) is 44.4 Å². The van der Waals surface area contributed by atoms with Crippen LogP contribution in [0.25, 0.3) is 0 Å². The number of aliphatic hydroxyl groups excluding tert-OH is 1. The van der Waals surface area contributed by atoms with Gasteiger partial charge in [0.25, 0.3) is 0 Å². The van der Waals surface area contributed by atoms with Crippen molar-refractivity contribution in [1.29, 1.82) is 0 Å². The number of anilines is 2. The normalized spacial score (nSPS) is 17.6. The molecule has 8 N–H and O–H groups in total. The quantitative estimate of drug-likeness (QED) is 0.104. The van der Waals surface area contributed by atoms with Gasteiger partial charge < -0.3 is 45.7 Å². The highest BCUT2D eigenvalue weighted by molar-refractivity contribution is 8.22. The molecule has 0 saturated carbocycles. The van der Waals surface area contributed by atoms with Gasteiger partial charge in [-0.2, -0.15) is 4.31 Å². The predicted molar refractivity (Wildman–Crippen MR) is 193 cm³/mol. The summed E-state index contributed by atoms with van der Waals surface area (Å²) in [5.74, 6) is 0.850. The zero-order chi connectivity index (χ0) is 36.4. The average molecular weight is 716 g/mol. The number of nitrogen functional groups attached to an aromatic ring is 1. The molecule has 1 saturated heterocycles. The third-order valence-electron chi connectivity index (χ3n) is 8.19. The number of benzene rings is 3. The van der Waals surface area contributed by atoms with Gasteiger partial charge in [0.2, 0.25) is 11.7 Å². The monoisotopic (exact) mass is 715 g/mol. The second-order valence-electron chi connectivity index (χ2n) is 12.5. The first-order valence-corrected chi connectivity index (χ1v) is 17.8. The number of nitrogens with zero attached hydrogens (tertiary/aromatic N) is 1. The van der Waals surface area contributed by atoms with Gasteiger partial charge in [0, 0.05) is 49.6 Å². The summed E-state index contributed by atoms with van der Waals surface area (Å²) < 4.78 is 45.9. The summed E-state index contributed by atoms with van der Waals surface area (Å²) in [5, 5.41) is 20.3. The molecule has 15 heteroatoms. The van der Waals surface area contributed by atoms with Gasteiger partial charge in [-0.25, -0.2) is 4.79 Å². The van der Waals surface area contributed by atoms with Crippen molar-refractivity contribution in [3.8, 4) is 17.2 Å². The molecule has 0 bridgehead atoms. The van der Waals surface area contributed by atoms with Gasteiger partial charge in [-0.15, -0.1) is 10.8 Å². The fraction of sp³-hybridized carbons (Fsp3) is 0.429. The number of methoxy groups -OCH3 is 3. The van der Waals surface area contributed by atoms with Crippen LogP contribution >= 0.6 is 10.8 Å². The van der Waals surface area contributed by atoms with Crippen molar-refractivity contribution in [2.75, 3.05) is 52.0 Å². The molecule has 1 heterocycles. The Bertz CT molecular complexity index is 1540. The van der Waals surface area contributed by atoms with E-state index in [0.29, 0.717) is 28.6 Å². The van der Waals surface area contributed by atoms with Crippen molar-refractivity contribution in [3.05, 3.63) is 72.3 Å². The van der Waals surface area contributed by atoms with Gasteiger partial charge in [-0.1, -0.05) is 44.2 Å². The van der Waals surface area contributed by atoms with Crippen LogP contribution in [0.3, 0.4) is 0 Å². The van der Waals surface area contributed by atoms with Crippen molar-refractivity contribution < 1.29 is 42.7 Å². The first-order chi connectivity index (χ1) is 23.8. The molecule has 0 aromatic heterocycles. The summed E-state index contributed by atoms with van der Waals surface area (Å²) in [7, 11) is 0.947. The van der Waals surface area contributed by atoms with E-state index in [-0.39, 0.29) is 49.2 Å². The highest BCUT2D eigenvalue weighted by atomic mass is 32.3. The molecule has 1 fully saturated rings. The molecule has 0 unspecified atom stereocenters. The summed E-state index contributed by atoms with van der Waals surface area (Å²) in [6.45, 7) is 4.21. The van der Waals surface area contributed by atoms with Gasteiger partial charge in [0.1, 0.15) is 6.10 Å². The van der Waals surface area contributed by atoms with Crippen LogP contribution in [0.4, 0.5) is 16.2 Å². The van der Waals surface area contributed by atoms with E-state index in [9.17, 15) is 23.8 Å². The number of hydrogen-bond acceptors (Lipinski definition) is 12. The third kappa shape index (κ3) is 10.2.